The number of rotatable bonds is 3. The van der Waals surface area contributed by atoms with Crippen LogP contribution < -0.4 is 5.73 Å². The van der Waals surface area contributed by atoms with E-state index in [2.05, 4.69) is 33.5 Å². The van der Waals surface area contributed by atoms with Gasteiger partial charge in [0.15, 0.2) is 0 Å². The highest BCUT2D eigenvalue weighted by Gasteiger charge is 2.46. The third kappa shape index (κ3) is 2.17. The summed E-state index contributed by atoms with van der Waals surface area (Å²) in [7, 11) is 0. The van der Waals surface area contributed by atoms with Gasteiger partial charge in [0.2, 0.25) is 0 Å². The van der Waals surface area contributed by atoms with Gasteiger partial charge in [0, 0.05) is 25.2 Å². The minimum atomic E-state index is 0.170. The number of aromatic nitrogens is 3. The molecule has 20 heavy (non-hydrogen) atoms. The average molecular weight is 277 g/mol. The minimum absolute atomic E-state index is 0.170. The second kappa shape index (κ2) is 5.45. The Morgan fingerprint density at radius 1 is 1.40 bits per heavy atom. The van der Waals surface area contributed by atoms with Gasteiger partial charge in [0.25, 0.3) is 0 Å². The number of hydrogen-bond acceptors (Lipinski definition) is 4. The topological polar surface area (TPSA) is 60.0 Å². The Labute approximate surface area is 121 Å². The normalized spacial score (nSPS) is 31.5. The Bertz CT molecular complexity index is 455. The van der Waals surface area contributed by atoms with E-state index in [0.29, 0.717) is 11.8 Å². The lowest BCUT2D eigenvalue weighted by Gasteiger charge is -2.53. The molecule has 3 rings (SSSR count). The van der Waals surface area contributed by atoms with Crippen molar-refractivity contribution in [2.45, 2.75) is 58.2 Å². The van der Waals surface area contributed by atoms with Gasteiger partial charge >= 0.3 is 0 Å². The van der Waals surface area contributed by atoms with Crippen LogP contribution in [0.1, 0.15) is 45.4 Å². The summed E-state index contributed by atoms with van der Waals surface area (Å²) < 4.78 is 2.17. The first-order chi connectivity index (χ1) is 9.67. The van der Waals surface area contributed by atoms with E-state index in [9.17, 15) is 0 Å². The molecule has 5 heteroatoms. The Kier molecular flexibility index (Phi) is 3.82. The number of nitrogens with zero attached hydrogens (tertiary/aromatic N) is 4. The quantitative estimate of drug-likeness (QED) is 0.912. The molecule has 2 unspecified atom stereocenters. The molecule has 112 valence electrons. The summed E-state index contributed by atoms with van der Waals surface area (Å²) in [5, 5.41) is 8.31. The fraction of sp³-hybridized carbons (Fsp3) is 0.867. The Morgan fingerprint density at radius 2 is 2.25 bits per heavy atom. The SMILES string of the molecule is CC(C)C1CCCCC1(CN)N1CCn2cnnc2C1. The van der Waals surface area contributed by atoms with Crippen LogP contribution in [0, 0.1) is 11.8 Å². The number of nitrogens with two attached hydrogens (primary N) is 1. The van der Waals surface area contributed by atoms with Gasteiger partial charge < -0.3 is 10.3 Å². The molecule has 0 bridgehead atoms. The van der Waals surface area contributed by atoms with Crippen LogP contribution in [-0.4, -0.2) is 38.3 Å². The van der Waals surface area contributed by atoms with E-state index in [1.165, 1.54) is 25.7 Å². The lowest BCUT2D eigenvalue weighted by molar-refractivity contribution is -0.0307. The summed E-state index contributed by atoms with van der Waals surface area (Å²) in [5.74, 6) is 2.49. The molecule has 2 N–H and O–H groups in total. The highest BCUT2D eigenvalue weighted by molar-refractivity contribution is 5.04. The van der Waals surface area contributed by atoms with Crippen molar-refractivity contribution < 1.29 is 0 Å². The zero-order valence-electron chi connectivity index (χ0n) is 12.8. The summed E-state index contributed by atoms with van der Waals surface area (Å²) in [6.07, 6.45) is 7.07. The van der Waals surface area contributed by atoms with E-state index in [1.807, 2.05) is 6.33 Å². The van der Waals surface area contributed by atoms with Gasteiger partial charge in [-0.25, -0.2) is 0 Å². The molecule has 0 aromatic carbocycles. The van der Waals surface area contributed by atoms with Gasteiger partial charge in [0.1, 0.15) is 12.2 Å². The smallest absolute Gasteiger partial charge is 0.147 e. The molecule has 1 fully saturated rings. The predicted octanol–water partition coefficient (Wildman–Crippen LogP) is 1.64. The summed E-state index contributed by atoms with van der Waals surface area (Å²) in [6.45, 7) is 8.45. The molecule has 2 atom stereocenters. The predicted molar refractivity (Wildman–Crippen MR) is 79.0 cm³/mol. The van der Waals surface area contributed by atoms with Crippen molar-refractivity contribution in [2.24, 2.45) is 17.6 Å². The number of hydrogen-bond donors (Lipinski definition) is 1. The van der Waals surface area contributed by atoms with Gasteiger partial charge in [-0.2, -0.15) is 0 Å². The van der Waals surface area contributed by atoms with Gasteiger partial charge in [-0.15, -0.1) is 10.2 Å². The Morgan fingerprint density at radius 3 is 3.00 bits per heavy atom. The molecule has 1 saturated carbocycles. The van der Waals surface area contributed by atoms with Crippen molar-refractivity contribution >= 4 is 0 Å². The van der Waals surface area contributed by atoms with E-state index in [4.69, 9.17) is 5.73 Å². The second-order valence-electron chi connectivity index (χ2n) is 6.77. The fourth-order valence-electron chi connectivity index (χ4n) is 4.42. The van der Waals surface area contributed by atoms with Crippen molar-refractivity contribution in [2.75, 3.05) is 13.1 Å². The van der Waals surface area contributed by atoms with Crippen LogP contribution in [0.4, 0.5) is 0 Å². The Hall–Kier alpha value is -0.940. The van der Waals surface area contributed by atoms with Gasteiger partial charge in [-0.3, -0.25) is 4.90 Å². The Balaban J connectivity index is 1.88. The maximum atomic E-state index is 6.31. The standard InChI is InChI=1S/C15H27N5/c1-12(2)13-5-3-4-6-15(13,10-16)20-8-7-19-11-17-18-14(19)9-20/h11-13H,3-10,16H2,1-2H3. The molecule has 1 aromatic heterocycles. The maximum Gasteiger partial charge on any atom is 0.147 e. The minimum Gasteiger partial charge on any atom is -0.329 e. The maximum absolute atomic E-state index is 6.31. The lowest BCUT2D eigenvalue weighted by atomic mass is 9.66. The van der Waals surface area contributed by atoms with E-state index in [0.717, 1.165) is 32.0 Å². The molecule has 2 aliphatic rings. The molecule has 0 saturated heterocycles. The van der Waals surface area contributed by atoms with Crippen molar-refractivity contribution in [1.29, 1.82) is 0 Å². The zero-order chi connectivity index (χ0) is 14.2. The highest BCUT2D eigenvalue weighted by Crippen LogP contribution is 2.43. The molecule has 0 amide bonds. The lowest BCUT2D eigenvalue weighted by Crippen LogP contribution is -2.62. The highest BCUT2D eigenvalue weighted by atomic mass is 15.3. The molecule has 0 spiro atoms. The first kappa shape index (κ1) is 14.0. The van der Waals surface area contributed by atoms with Crippen LogP contribution in [0.25, 0.3) is 0 Å². The molecule has 1 aromatic rings. The van der Waals surface area contributed by atoms with E-state index in [1.54, 1.807) is 0 Å². The molecule has 5 nitrogen and oxygen atoms in total. The van der Waals surface area contributed by atoms with Crippen LogP contribution in [0.2, 0.25) is 0 Å². The van der Waals surface area contributed by atoms with E-state index < -0.39 is 0 Å². The average Bonchev–Trinajstić information content (AvgIpc) is 2.94. The van der Waals surface area contributed by atoms with Gasteiger partial charge in [-0.05, 0) is 24.7 Å². The molecule has 1 aliphatic carbocycles. The van der Waals surface area contributed by atoms with Crippen molar-refractivity contribution in [3.05, 3.63) is 12.2 Å². The summed E-state index contributed by atoms with van der Waals surface area (Å²) in [6, 6.07) is 0. The molecule has 0 radical (unpaired) electrons. The molecular formula is C15H27N5. The second-order valence-corrected chi connectivity index (χ2v) is 6.77. The third-order valence-corrected chi connectivity index (χ3v) is 5.49. The van der Waals surface area contributed by atoms with E-state index in [-0.39, 0.29) is 5.54 Å². The van der Waals surface area contributed by atoms with Crippen LogP contribution >= 0.6 is 0 Å². The van der Waals surface area contributed by atoms with Gasteiger partial charge in [0.05, 0.1) is 6.54 Å². The summed E-state index contributed by atoms with van der Waals surface area (Å²) in [5.41, 5.74) is 6.48. The molecular weight excluding hydrogens is 250 g/mol. The van der Waals surface area contributed by atoms with Crippen LogP contribution in [0.5, 0.6) is 0 Å². The van der Waals surface area contributed by atoms with Crippen LogP contribution in [-0.2, 0) is 13.1 Å². The number of fused-ring (bicyclic) bond motifs is 1. The van der Waals surface area contributed by atoms with Crippen LogP contribution in [0.15, 0.2) is 6.33 Å². The molecule has 1 aliphatic heterocycles. The monoisotopic (exact) mass is 277 g/mol. The zero-order valence-corrected chi connectivity index (χ0v) is 12.8. The first-order valence-electron chi connectivity index (χ1n) is 7.99. The fourth-order valence-corrected chi connectivity index (χ4v) is 4.42. The largest absolute Gasteiger partial charge is 0.329 e. The van der Waals surface area contributed by atoms with E-state index >= 15 is 0 Å². The summed E-state index contributed by atoms with van der Waals surface area (Å²) in [4.78, 5) is 2.61. The molecule has 2 heterocycles. The third-order valence-electron chi connectivity index (χ3n) is 5.49. The summed E-state index contributed by atoms with van der Waals surface area (Å²) >= 11 is 0. The van der Waals surface area contributed by atoms with Crippen molar-refractivity contribution in [3.63, 3.8) is 0 Å². The first-order valence-corrected chi connectivity index (χ1v) is 7.99. The van der Waals surface area contributed by atoms with Crippen molar-refractivity contribution in [3.8, 4) is 0 Å². The van der Waals surface area contributed by atoms with Crippen LogP contribution in [0.3, 0.4) is 0 Å². The van der Waals surface area contributed by atoms with Crippen molar-refractivity contribution in [1.82, 2.24) is 19.7 Å². The van der Waals surface area contributed by atoms with Gasteiger partial charge in [-0.1, -0.05) is 26.7 Å².